The molecule has 0 spiro atoms. The third-order valence-electron chi connectivity index (χ3n) is 13.8. The maximum absolute atomic E-state index is 12.4. The highest BCUT2D eigenvalue weighted by Gasteiger charge is 2.24. The van der Waals surface area contributed by atoms with Crippen LogP contribution < -0.4 is 42.5 Å². The van der Waals surface area contributed by atoms with Gasteiger partial charge in [0, 0.05) is 108 Å². The highest BCUT2D eigenvalue weighted by molar-refractivity contribution is 7.95. The number of methoxy groups -OCH3 is 2. The number of nitrogens with zero attached hydrogens (tertiary/aromatic N) is 14. The highest BCUT2D eigenvalue weighted by Crippen LogP contribution is 2.40. The minimum absolute atomic E-state index is 0.0236. The molecule has 0 saturated carbocycles. The maximum atomic E-state index is 12.4. The monoisotopic (exact) mass is 1640 g/mol. The maximum Gasteiger partial charge on any atom is 0.296 e. The molecule has 0 amide bonds. The van der Waals surface area contributed by atoms with Crippen LogP contribution in [0, 0.1) is 36.5 Å². The Morgan fingerprint density at radius 2 is 0.852 bits per heavy atom. The standard InChI is InChI=1S/2C30H32ClN11O9S3/c2*1-4-53(44,45)14-12-34-26-22(17-32)18(2)25(27(37-26)33-11-6-13-49-3)42-41-23-16-20(9-10-24(23)54(46,47)48)36-30-39-28(31)38-29(40-30)35-19-7-5-8-21(15-19)52-51-50-43/h2*4-5,7-10,15-16,43H,1,6,11-14H2,2-3H3,(H2,33,34,37)(H,46,47,48)(H2,35,36,38,39,40). The van der Waals surface area contributed by atoms with Crippen molar-refractivity contribution in [1.29, 1.82) is 10.5 Å². The number of halogens is 2. The van der Waals surface area contributed by atoms with Crippen molar-refractivity contribution < 1.29 is 81.5 Å². The van der Waals surface area contributed by atoms with Gasteiger partial charge in [0.25, 0.3) is 20.2 Å². The number of hydrogen-bond acceptors (Lipinski definition) is 40. The molecule has 0 fully saturated rings. The first-order valence-corrected chi connectivity index (χ1v) is 39.1. The van der Waals surface area contributed by atoms with E-state index in [4.69, 9.17) is 43.2 Å². The molecule has 0 saturated heterocycles. The van der Waals surface area contributed by atoms with Gasteiger partial charge < -0.3 is 52.0 Å². The van der Waals surface area contributed by atoms with Crippen molar-refractivity contribution in [3.8, 4) is 12.1 Å². The average Bonchev–Trinajstić information content (AvgIpc) is 0.801. The fourth-order valence-electron chi connectivity index (χ4n) is 8.84. The van der Waals surface area contributed by atoms with Gasteiger partial charge in [-0.15, -0.1) is 29.1 Å². The van der Waals surface area contributed by atoms with Crippen LogP contribution in [0.25, 0.3) is 0 Å². The lowest BCUT2D eigenvalue weighted by Gasteiger charge is -2.15. The predicted molar refractivity (Wildman–Crippen MR) is 400 cm³/mol. The second-order valence-corrected chi connectivity index (χ2v) is 30.4. The molecule has 0 aliphatic carbocycles. The minimum Gasteiger partial charge on any atom is -0.385 e. The van der Waals surface area contributed by atoms with Crippen molar-refractivity contribution in [3.63, 3.8) is 0 Å². The van der Waals surface area contributed by atoms with E-state index in [1.54, 1.807) is 62.4 Å². The van der Waals surface area contributed by atoms with Gasteiger partial charge in [-0.05, 0) is 123 Å². The van der Waals surface area contributed by atoms with Crippen molar-refractivity contribution in [2.75, 3.05) is 108 Å². The summed E-state index contributed by atoms with van der Waals surface area (Å²) in [7, 11) is -13.6. The number of azo groups is 2. The van der Waals surface area contributed by atoms with Crippen molar-refractivity contribution in [2.45, 2.75) is 46.3 Å². The number of benzene rings is 4. The van der Waals surface area contributed by atoms with E-state index in [0.29, 0.717) is 60.3 Å². The quantitative estimate of drug-likeness (QED) is 0.00424. The molecular formula is C60H64Cl2N22O18S6. The van der Waals surface area contributed by atoms with Crippen LogP contribution in [-0.2, 0) is 68.1 Å². The minimum atomic E-state index is -4.82. The number of rotatable bonds is 40. The molecule has 4 aromatic carbocycles. The van der Waals surface area contributed by atoms with Gasteiger partial charge in [-0.25, -0.2) is 37.3 Å². The molecule has 12 N–H and O–H groups in total. The van der Waals surface area contributed by atoms with E-state index in [1.807, 2.05) is 12.1 Å². The lowest BCUT2D eigenvalue weighted by molar-refractivity contribution is -0.432. The van der Waals surface area contributed by atoms with E-state index in [2.05, 4.69) is 135 Å². The SMILES string of the molecule is C=CS(=O)(=O)CCNc1nc(NCCCOC)c(N=Nc2cc(Nc3nc(Cl)nc(Nc4cccc(SOOO)c4)n3)ccc2S(=O)(=O)O)c(C)c1C#N.C=CS(=O)(=O)CCNc1nc(NCCCOC)c(N=Nc2cc(Nc3nc(Cl)nc(Nc4cccc(SOOO)c4)n3)ccc2S(=O)(=O)O)c(C)c1C#N. The van der Waals surface area contributed by atoms with Gasteiger partial charge in [0.05, 0.1) is 46.7 Å². The Hall–Kier alpha value is -10.1. The molecule has 0 aliphatic rings. The van der Waals surface area contributed by atoms with E-state index in [9.17, 15) is 53.3 Å². The van der Waals surface area contributed by atoms with Gasteiger partial charge >= 0.3 is 0 Å². The Morgan fingerprint density at radius 3 is 1.18 bits per heavy atom. The van der Waals surface area contributed by atoms with Gasteiger partial charge in [0.2, 0.25) is 34.4 Å². The fourth-order valence-corrected chi connectivity index (χ4v) is 12.3. The van der Waals surface area contributed by atoms with Crippen molar-refractivity contribution in [2.24, 2.45) is 20.5 Å². The number of nitriles is 2. The molecule has 0 bridgehead atoms. The number of anilines is 12. The predicted octanol–water partition coefficient (Wildman–Crippen LogP) is 12.2. The molecule has 48 heteroatoms. The number of aromatic nitrogens is 8. The van der Waals surface area contributed by atoms with Gasteiger partial charge in [-0.2, -0.15) is 57.3 Å². The van der Waals surface area contributed by atoms with Crippen molar-refractivity contribution in [1.82, 2.24) is 39.9 Å². The Morgan fingerprint density at radius 1 is 0.500 bits per heavy atom. The zero-order chi connectivity index (χ0) is 78.6. The summed E-state index contributed by atoms with van der Waals surface area (Å²) in [5, 5.41) is 85.7. The zero-order valence-electron chi connectivity index (χ0n) is 56.7. The third-order valence-corrected chi connectivity index (χ3v) is 19.6. The van der Waals surface area contributed by atoms with E-state index < -0.39 is 49.7 Å². The summed E-state index contributed by atoms with van der Waals surface area (Å²) >= 11 is 13.8. The van der Waals surface area contributed by atoms with E-state index in [0.717, 1.165) is 47.0 Å². The topological polar surface area (TPSA) is 569 Å². The van der Waals surface area contributed by atoms with E-state index in [1.165, 1.54) is 38.5 Å². The molecule has 572 valence electrons. The van der Waals surface area contributed by atoms with Crippen LogP contribution in [0.5, 0.6) is 0 Å². The van der Waals surface area contributed by atoms with Crippen molar-refractivity contribution >= 4 is 180 Å². The van der Waals surface area contributed by atoms with Gasteiger partial charge in [-0.1, -0.05) is 35.4 Å². The van der Waals surface area contributed by atoms with Crippen LogP contribution in [0.2, 0.25) is 10.6 Å². The molecule has 40 nitrogen and oxygen atoms in total. The lowest BCUT2D eigenvalue weighted by atomic mass is 10.1. The summed E-state index contributed by atoms with van der Waals surface area (Å²) in [5.74, 6) is -0.247. The first kappa shape index (κ1) is 85.2. The summed E-state index contributed by atoms with van der Waals surface area (Å²) < 4.78 is 136. The Kier molecular flexibility index (Phi) is 32.2. The van der Waals surface area contributed by atoms with Crippen LogP contribution in [-0.4, -0.2) is 158 Å². The summed E-state index contributed by atoms with van der Waals surface area (Å²) in [6.45, 7) is 11.1. The summed E-state index contributed by atoms with van der Waals surface area (Å²) in [5.41, 5.74) is 1.52. The van der Waals surface area contributed by atoms with Crippen molar-refractivity contribution in [3.05, 3.63) is 142 Å². The molecule has 8 aromatic rings. The van der Waals surface area contributed by atoms with Crippen LogP contribution in [0.15, 0.2) is 149 Å². The first-order chi connectivity index (χ1) is 51.5. The zero-order valence-corrected chi connectivity index (χ0v) is 63.1. The molecule has 0 atom stereocenters. The smallest absolute Gasteiger partial charge is 0.296 e. The highest BCUT2D eigenvalue weighted by atomic mass is 35.5. The second kappa shape index (κ2) is 40.8. The molecule has 108 heavy (non-hydrogen) atoms. The average molecular weight is 1640 g/mol. The van der Waals surface area contributed by atoms with Gasteiger partial charge in [0.1, 0.15) is 56.3 Å². The number of nitrogens with one attached hydrogen (secondary N) is 8. The van der Waals surface area contributed by atoms with Crippen LogP contribution in [0.3, 0.4) is 0 Å². The molecule has 0 radical (unpaired) electrons. The van der Waals surface area contributed by atoms with E-state index >= 15 is 0 Å². The summed E-state index contributed by atoms with van der Waals surface area (Å²) in [4.78, 5) is 33.7. The van der Waals surface area contributed by atoms with Gasteiger partial charge in [-0.3, -0.25) is 9.11 Å². The molecule has 4 aromatic heterocycles. The Balaban J connectivity index is 0.000000301. The number of hydrogen-bond donors (Lipinski definition) is 12. The molecule has 0 aliphatic heterocycles. The van der Waals surface area contributed by atoms with Gasteiger partial charge in [0.15, 0.2) is 31.3 Å². The number of sulfone groups is 2. The third kappa shape index (κ3) is 26.1. The van der Waals surface area contributed by atoms with E-state index in [-0.39, 0.29) is 139 Å². The van der Waals surface area contributed by atoms with Crippen LogP contribution in [0.1, 0.15) is 35.1 Å². The normalized spacial score (nSPS) is 11.6. The van der Waals surface area contributed by atoms with Crippen LogP contribution in [0.4, 0.5) is 92.6 Å². The lowest BCUT2D eigenvalue weighted by Crippen LogP contribution is -2.16. The summed E-state index contributed by atoms with van der Waals surface area (Å²) in [6, 6.07) is 24.7. The largest absolute Gasteiger partial charge is 0.385 e. The number of pyridine rings is 2. The molecule has 0 unspecified atom stereocenters. The second-order valence-electron chi connectivity index (χ2n) is 21.2. The Bertz CT molecular complexity index is 4870. The van der Waals surface area contributed by atoms with Crippen LogP contribution >= 0.6 is 47.3 Å². The molecule has 4 heterocycles. The molecular weight excluding hydrogens is 1580 g/mol. The first-order valence-electron chi connectivity index (χ1n) is 30.5. The Labute approximate surface area is 635 Å². The molecule has 8 rings (SSSR count). The number of ether oxygens (including phenoxy) is 2. The fraction of sp³-hybridized carbons (Fsp3) is 0.233. The summed E-state index contributed by atoms with van der Waals surface area (Å²) in [6.07, 6.45) is 1.10.